The minimum absolute atomic E-state index is 0.593. The zero-order valence-corrected chi connectivity index (χ0v) is 12.8. The van der Waals surface area contributed by atoms with Crippen LogP contribution >= 0.6 is 12.2 Å². The lowest BCUT2D eigenvalue weighted by molar-refractivity contribution is 0.0699. The number of methoxy groups -OCH3 is 2. The molecule has 0 aromatic heterocycles. The third-order valence-corrected chi connectivity index (χ3v) is 2.76. The number of thiocarbonyl (C=S) groups is 1. The van der Waals surface area contributed by atoms with Crippen LogP contribution in [0.2, 0.25) is 0 Å². The second-order valence-corrected chi connectivity index (χ2v) is 4.48. The minimum atomic E-state index is 0.593. The quantitative estimate of drug-likeness (QED) is 0.537. The average Bonchev–Trinajstić information content (AvgIpc) is 2.46. The van der Waals surface area contributed by atoms with Gasteiger partial charge in [-0.15, -0.1) is 0 Å². The number of hydrogen-bond donors (Lipinski definition) is 2. The van der Waals surface area contributed by atoms with Gasteiger partial charge < -0.3 is 24.8 Å². The zero-order valence-electron chi connectivity index (χ0n) is 12.0. The summed E-state index contributed by atoms with van der Waals surface area (Å²) in [5.74, 6) is 0.796. The topological polar surface area (TPSA) is 51.8 Å². The molecule has 1 aromatic carbocycles. The smallest absolute Gasteiger partial charge is 0.170 e. The van der Waals surface area contributed by atoms with Crippen molar-refractivity contribution in [2.45, 2.75) is 6.42 Å². The van der Waals surface area contributed by atoms with E-state index in [-0.39, 0.29) is 0 Å². The van der Waals surface area contributed by atoms with Gasteiger partial charge in [0.1, 0.15) is 5.75 Å². The summed E-state index contributed by atoms with van der Waals surface area (Å²) in [6.07, 6.45) is 0.893. The van der Waals surface area contributed by atoms with Crippen molar-refractivity contribution < 1.29 is 14.2 Å². The van der Waals surface area contributed by atoms with Crippen LogP contribution in [0, 0.1) is 0 Å². The molecule has 0 saturated heterocycles. The van der Waals surface area contributed by atoms with Crippen LogP contribution in [0.15, 0.2) is 24.3 Å². The van der Waals surface area contributed by atoms with Crippen LogP contribution in [0.4, 0.5) is 5.69 Å². The van der Waals surface area contributed by atoms with Gasteiger partial charge in [0, 0.05) is 32.0 Å². The van der Waals surface area contributed by atoms with Gasteiger partial charge in [-0.3, -0.25) is 0 Å². The highest BCUT2D eigenvalue weighted by Crippen LogP contribution is 2.16. The van der Waals surface area contributed by atoms with Crippen molar-refractivity contribution in [1.82, 2.24) is 5.32 Å². The molecule has 0 atom stereocenters. The van der Waals surface area contributed by atoms with Crippen LogP contribution in [-0.2, 0) is 9.47 Å². The zero-order chi connectivity index (χ0) is 14.6. The largest absolute Gasteiger partial charge is 0.497 e. The Bertz CT molecular complexity index is 402. The molecule has 20 heavy (non-hydrogen) atoms. The van der Waals surface area contributed by atoms with Gasteiger partial charge in [0.15, 0.2) is 5.11 Å². The minimum Gasteiger partial charge on any atom is -0.497 e. The SMILES string of the molecule is COCCOCCCNC(=S)Nc1cccc(OC)c1. The average molecular weight is 298 g/mol. The van der Waals surface area contributed by atoms with E-state index in [4.69, 9.17) is 26.4 Å². The molecular weight excluding hydrogens is 276 g/mol. The molecule has 5 nitrogen and oxygen atoms in total. The van der Waals surface area contributed by atoms with Gasteiger partial charge in [0.05, 0.1) is 20.3 Å². The Hall–Kier alpha value is -1.37. The third kappa shape index (κ3) is 7.28. The van der Waals surface area contributed by atoms with E-state index in [9.17, 15) is 0 Å². The van der Waals surface area contributed by atoms with Crippen LogP contribution < -0.4 is 15.4 Å². The molecule has 1 rings (SSSR count). The van der Waals surface area contributed by atoms with Crippen LogP contribution in [0.3, 0.4) is 0 Å². The summed E-state index contributed by atoms with van der Waals surface area (Å²) in [6.45, 7) is 2.72. The van der Waals surface area contributed by atoms with E-state index in [1.807, 2.05) is 24.3 Å². The highest BCUT2D eigenvalue weighted by Gasteiger charge is 1.99. The summed E-state index contributed by atoms with van der Waals surface area (Å²) in [7, 11) is 3.30. The fraction of sp³-hybridized carbons (Fsp3) is 0.500. The predicted octanol–water partition coefficient (Wildman–Crippen LogP) is 2.03. The number of anilines is 1. The fourth-order valence-electron chi connectivity index (χ4n) is 1.50. The monoisotopic (exact) mass is 298 g/mol. The molecule has 0 amide bonds. The van der Waals surface area contributed by atoms with Gasteiger partial charge in [-0.1, -0.05) is 6.07 Å². The maximum absolute atomic E-state index is 5.36. The summed E-state index contributed by atoms with van der Waals surface area (Å²) in [6, 6.07) is 7.62. The Morgan fingerprint density at radius 3 is 2.80 bits per heavy atom. The lowest BCUT2D eigenvalue weighted by Crippen LogP contribution is -2.29. The van der Waals surface area contributed by atoms with Gasteiger partial charge >= 0.3 is 0 Å². The van der Waals surface area contributed by atoms with Gasteiger partial charge in [-0.05, 0) is 30.8 Å². The maximum Gasteiger partial charge on any atom is 0.170 e. The van der Waals surface area contributed by atoms with Gasteiger partial charge in [-0.25, -0.2) is 0 Å². The molecule has 0 unspecified atom stereocenters. The first kappa shape index (κ1) is 16.7. The molecule has 1 aromatic rings. The molecule has 0 saturated carbocycles. The van der Waals surface area contributed by atoms with Gasteiger partial charge in [-0.2, -0.15) is 0 Å². The molecule has 0 aliphatic rings. The van der Waals surface area contributed by atoms with Crippen molar-refractivity contribution in [1.29, 1.82) is 0 Å². The molecule has 0 fully saturated rings. The van der Waals surface area contributed by atoms with Crippen molar-refractivity contribution in [3.63, 3.8) is 0 Å². The molecule has 0 radical (unpaired) electrons. The standard InChI is InChI=1S/C14H22N2O3S/c1-17-9-10-19-8-4-7-15-14(20)16-12-5-3-6-13(11-12)18-2/h3,5-6,11H,4,7-10H2,1-2H3,(H2,15,16,20). The van der Waals surface area contributed by atoms with E-state index in [1.54, 1.807) is 14.2 Å². The Morgan fingerprint density at radius 1 is 1.20 bits per heavy atom. The first-order valence-electron chi connectivity index (χ1n) is 6.52. The summed E-state index contributed by atoms with van der Waals surface area (Å²) in [4.78, 5) is 0. The maximum atomic E-state index is 5.36. The molecule has 6 heteroatoms. The summed E-state index contributed by atoms with van der Waals surface area (Å²) < 4.78 is 15.4. The highest BCUT2D eigenvalue weighted by atomic mass is 32.1. The van der Waals surface area contributed by atoms with Crippen LogP contribution in [-0.4, -0.2) is 45.7 Å². The first-order chi connectivity index (χ1) is 9.76. The van der Waals surface area contributed by atoms with Crippen molar-refractivity contribution in [2.24, 2.45) is 0 Å². The normalized spacial score (nSPS) is 10.1. The van der Waals surface area contributed by atoms with E-state index < -0.39 is 0 Å². The van der Waals surface area contributed by atoms with Crippen molar-refractivity contribution in [3.8, 4) is 5.75 Å². The second-order valence-electron chi connectivity index (χ2n) is 4.07. The van der Waals surface area contributed by atoms with Crippen molar-refractivity contribution >= 4 is 23.0 Å². The first-order valence-corrected chi connectivity index (χ1v) is 6.92. The van der Waals surface area contributed by atoms with E-state index in [1.165, 1.54) is 0 Å². The molecule has 0 spiro atoms. The van der Waals surface area contributed by atoms with Crippen LogP contribution in [0.1, 0.15) is 6.42 Å². The van der Waals surface area contributed by atoms with E-state index in [2.05, 4.69) is 10.6 Å². The Labute approximate surface area is 125 Å². The Kier molecular flexibility index (Phi) is 8.69. The lowest BCUT2D eigenvalue weighted by Gasteiger charge is -2.11. The van der Waals surface area contributed by atoms with E-state index in [0.717, 1.165) is 24.4 Å². The van der Waals surface area contributed by atoms with Gasteiger partial charge in [0.25, 0.3) is 0 Å². The molecular formula is C14H22N2O3S. The molecule has 0 heterocycles. The Balaban J connectivity index is 2.13. The van der Waals surface area contributed by atoms with Crippen LogP contribution in [0.5, 0.6) is 5.75 Å². The van der Waals surface area contributed by atoms with Crippen molar-refractivity contribution in [2.75, 3.05) is 45.9 Å². The number of rotatable bonds is 9. The summed E-state index contributed by atoms with van der Waals surface area (Å²) in [5, 5.41) is 6.83. The van der Waals surface area contributed by atoms with Crippen LogP contribution in [0.25, 0.3) is 0 Å². The third-order valence-electron chi connectivity index (χ3n) is 2.51. The lowest BCUT2D eigenvalue weighted by atomic mass is 10.3. The van der Waals surface area contributed by atoms with E-state index in [0.29, 0.717) is 24.9 Å². The number of ether oxygens (including phenoxy) is 3. The van der Waals surface area contributed by atoms with Gasteiger partial charge in [0.2, 0.25) is 0 Å². The molecule has 0 aliphatic heterocycles. The van der Waals surface area contributed by atoms with Crippen molar-refractivity contribution in [3.05, 3.63) is 24.3 Å². The molecule has 112 valence electrons. The summed E-state index contributed by atoms with van der Waals surface area (Å²) in [5.41, 5.74) is 0.901. The molecule has 2 N–H and O–H groups in total. The predicted molar refractivity (Wildman–Crippen MR) is 84.5 cm³/mol. The van der Waals surface area contributed by atoms with E-state index >= 15 is 0 Å². The number of benzene rings is 1. The fourth-order valence-corrected chi connectivity index (χ4v) is 1.72. The number of nitrogens with one attached hydrogen (secondary N) is 2. The highest BCUT2D eigenvalue weighted by molar-refractivity contribution is 7.80. The summed E-state index contributed by atoms with van der Waals surface area (Å²) >= 11 is 5.21. The molecule has 0 bridgehead atoms. The Morgan fingerprint density at radius 2 is 2.05 bits per heavy atom. The number of hydrogen-bond acceptors (Lipinski definition) is 4. The molecule has 0 aliphatic carbocycles. The second kappa shape index (κ2) is 10.4.